The highest BCUT2D eigenvalue weighted by molar-refractivity contribution is 5.48. The van der Waals surface area contributed by atoms with Crippen LogP contribution in [0.3, 0.4) is 0 Å². The third-order valence-electron chi connectivity index (χ3n) is 2.93. The van der Waals surface area contributed by atoms with Gasteiger partial charge in [-0.25, -0.2) is 0 Å². The topological polar surface area (TPSA) is 71.4 Å². The van der Waals surface area contributed by atoms with E-state index in [1.165, 1.54) is 0 Å². The first kappa shape index (κ1) is 11.5. The van der Waals surface area contributed by atoms with Crippen LogP contribution in [-0.2, 0) is 6.54 Å². The fraction of sp³-hybridized carbons (Fsp3) is 0.154. The van der Waals surface area contributed by atoms with E-state index in [1.807, 2.05) is 37.4 Å². The highest BCUT2D eigenvalue weighted by atomic mass is 15.5. The molecule has 0 amide bonds. The summed E-state index contributed by atoms with van der Waals surface area (Å²) in [4.78, 5) is 1.59. The molecule has 0 aliphatic heterocycles. The Morgan fingerprint density at radius 3 is 2.53 bits per heavy atom. The highest BCUT2D eigenvalue weighted by Crippen LogP contribution is 2.13. The molecule has 0 fully saturated rings. The summed E-state index contributed by atoms with van der Waals surface area (Å²) >= 11 is 0. The number of hydrogen-bond donors (Lipinski definition) is 2. The van der Waals surface area contributed by atoms with Crippen molar-refractivity contribution in [2.75, 3.05) is 5.32 Å². The molecule has 0 unspecified atom stereocenters. The molecule has 96 valence electrons. The lowest BCUT2D eigenvalue weighted by Gasteiger charge is -2.06. The predicted octanol–water partition coefficient (Wildman–Crippen LogP) is 1.91. The Labute approximate surface area is 110 Å². The summed E-state index contributed by atoms with van der Waals surface area (Å²) < 4.78 is 0. The van der Waals surface area contributed by atoms with Crippen LogP contribution in [0.25, 0.3) is 5.69 Å². The van der Waals surface area contributed by atoms with E-state index < -0.39 is 0 Å². The highest BCUT2D eigenvalue weighted by Gasteiger charge is 2.01. The molecule has 1 aromatic carbocycles. The third-order valence-corrected chi connectivity index (χ3v) is 2.93. The van der Waals surface area contributed by atoms with E-state index in [1.54, 1.807) is 17.2 Å². The van der Waals surface area contributed by atoms with Crippen molar-refractivity contribution in [3.05, 3.63) is 54.1 Å². The number of aromatic amines is 1. The Morgan fingerprint density at radius 1 is 1.16 bits per heavy atom. The van der Waals surface area contributed by atoms with Gasteiger partial charge in [-0.1, -0.05) is 0 Å². The molecule has 3 rings (SSSR count). The first-order valence-electron chi connectivity index (χ1n) is 6.02. The molecule has 6 heteroatoms. The summed E-state index contributed by atoms with van der Waals surface area (Å²) in [6.45, 7) is 2.76. The van der Waals surface area contributed by atoms with Crippen molar-refractivity contribution in [3.63, 3.8) is 0 Å². The quantitative estimate of drug-likeness (QED) is 0.746. The van der Waals surface area contributed by atoms with Gasteiger partial charge in [0.15, 0.2) is 0 Å². The molecule has 19 heavy (non-hydrogen) atoms. The molecule has 2 heterocycles. The third kappa shape index (κ3) is 2.47. The van der Waals surface area contributed by atoms with Crippen LogP contribution >= 0.6 is 0 Å². The van der Waals surface area contributed by atoms with Crippen molar-refractivity contribution >= 4 is 5.69 Å². The van der Waals surface area contributed by atoms with Crippen molar-refractivity contribution < 1.29 is 0 Å². The van der Waals surface area contributed by atoms with Gasteiger partial charge in [-0.2, -0.15) is 20.1 Å². The second kappa shape index (κ2) is 4.93. The van der Waals surface area contributed by atoms with E-state index in [4.69, 9.17) is 0 Å². The van der Waals surface area contributed by atoms with E-state index in [0.717, 1.165) is 29.2 Å². The van der Waals surface area contributed by atoms with E-state index in [0.29, 0.717) is 0 Å². The molecular weight excluding hydrogens is 240 g/mol. The lowest BCUT2D eigenvalue weighted by Crippen LogP contribution is -2.01. The maximum atomic E-state index is 4.09. The Kier molecular flexibility index (Phi) is 2.97. The van der Waals surface area contributed by atoms with E-state index in [2.05, 4.69) is 25.7 Å². The predicted molar refractivity (Wildman–Crippen MR) is 72.0 cm³/mol. The SMILES string of the molecule is Cc1[nH]ncc1CNc1ccc(-n2nccn2)cc1. The molecule has 0 bridgehead atoms. The van der Waals surface area contributed by atoms with Crippen LogP contribution in [0.4, 0.5) is 5.69 Å². The molecule has 3 aromatic rings. The zero-order valence-corrected chi connectivity index (χ0v) is 10.5. The van der Waals surface area contributed by atoms with Crippen LogP contribution in [0, 0.1) is 6.92 Å². The fourth-order valence-corrected chi connectivity index (χ4v) is 1.81. The number of rotatable bonds is 4. The second-order valence-electron chi connectivity index (χ2n) is 4.24. The van der Waals surface area contributed by atoms with Crippen LogP contribution < -0.4 is 5.32 Å². The maximum absolute atomic E-state index is 4.09. The number of benzene rings is 1. The first-order chi connectivity index (χ1) is 9.33. The largest absolute Gasteiger partial charge is 0.381 e. The van der Waals surface area contributed by atoms with Crippen LogP contribution in [0.1, 0.15) is 11.3 Å². The van der Waals surface area contributed by atoms with Crippen molar-refractivity contribution in [2.24, 2.45) is 0 Å². The van der Waals surface area contributed by atoms with Crippen LogP contribution in [-0.4, -0.2) is 25.2 Å². The summed E-state index contributed by atoms with van der Waals surface area (Å²) in [5.74, 6) is 0. The molecular formula is C13H14N6. The molecule has 0 atom stereocenters. The smallest absolute Gasteiger partial charge is 0.0858 e. The van der Waals surface area contributed by atoms with Gasteiger partial charge in [-0.15, -0.1) is 0 Å². The van der Waals surface area contributed by atoms with Gasteiger partial charge < -0.3 is 5.32 Å². The standard InChI is InChI=1S/C13H14N6/c1-10-11(9-15-18-10)8-14-12-2-4-13(5-3-12)19-16-6-7-17-19/h2-7,9,14H,8H2,1H3,(H,15,18). The molecule has 0 spiro atoms. The van der Waals surface area contributed by atoms with Crippen molar-refractivity contribution in [3.8, 4) is 5.69 Å². The minimum atomic E-state index is 0.752. The van der Waals surface area contributed by atoms with Crippen molar-refractivity contribution in [2.45, 2.75) is 13.5 Å². The molecule has 0 saturated carbocycles. The van der Waals surface area contributed by atoms with Gasteiger partial charge in [0.05, 0.1) is 24.3 Å². The zero-order valence-electron chi connectivity index (χ0n) is 10.5. The lowest BCUT2D eigenvalue weighted by atomic mass is 10.2. The van der Waals surface area contributed by atoms with E-state index in [9.17, 15) is 0 Å². The minimum absolute atomic E-state index is 0.752. The van der Waals surface area contributed by atoms with Gasteiger partial charge in [-0.05, 0) is 31.2 Å². The summed E-state index contributed by atoms with van der Waals surface area (Å²) in [5.41, 5.74) is 4.24. The van der Waals surface area contributed by atoms with Gasteiger partial charge in [0.25, 0.3) is 0 Å². The zero-order chi connectivity index (χ0) is 13.1. The number of aryl methyl sites for hydroxylation is 1. The van der Waals surface area contributed by atoms with Gasteiger partial charge in [-0.3, -0.25) is 5.10 Å². The van der Waals surface area contributed by atoms with Gasteiger partial charge in [0, 0.05) is 23.5 Å². The molecule has 0 radical (unpaired) electrons. The van der Waals surface area contributed by atoms with Crippen LogP contribution in [0.2, 0.25) is 0 Å². The van der Waals surface area contributed by atoms with E-state index >= 15 is 0 Å². The van der Waals surface area contributed by atoms with Crippen LogP contribution in [0.5, 0.6) is 0 Å². The molecule has 2 N–H and O–H groups in total. The van der Waals surface area contributed by atoms with Gasteiger partial charge in [0.2, 0.25) is 0 Å². The number of nitrogens with one attached hydrogen (secondary N) is 2. The number of hydrogen-bond acceptors (Lipinski definition) is 4. The van der Waals surface area contributed by atoms with Gasteiger partial charge >= 0.3 is 0 Å². The molecule has 0 aliphatic carbocycles. The van der Waals surface area contributed by atoms with Crippen molar-refractivity contribution in [1.29, 1.82) is 0 Å². The number of aromatic nitrogens is 5. The average molecular weight is 254 g/mol. The number of nitrogens with zero attached hydrogens (tertiary/aromatic N) is 4. The van der Waals surface area contributed by atoms with E-state index in [-0.39, 0.29) is 0 Å². The Hall–Kier alpha value is -2.63. The Morgan fingerprint density at radius 2 is 1.89 bits per heavy atom. The Balaban J connectivity index is 1.68. The van der Waals surface area contributed by atoms with Crippen LogP contribution in [0.15, 0.2) is 42.9 Å². The Bertz CT molecular complexity index is 638. The lowest BCUT2D eigenvalue weighted by molar-refractivity contribution is 0.752. The molecule has 6 nitrogen and oxygen atoms in total. The summed E-state index contributed by atoms with van der Waals surface area (Å²) in [6, 6.07) is 7.97. The summed E-state index contributed by atoms with van der Waals surface area (Å²) in [5, 5.41) is 18.4. The second-order valence-corrected chi connectivity index (χ2v) is 4.24. The van der Waals surface area contributed by atoms with Crippen molar-refractivity contribution in [1.82, 2.24) is 25.2 Å². The monoisotopic (exact) mass is 254 g/mol. The molecule has 2 aromatic heterocycles. The molecule has 0 saturated heterocycles. The summed E-state index contributed by atoms with van der Waals surface area (Å²) in [7, 11) is 0. The number of H-pyrrole nitrogens is 1. The maximum Gasteiger partial charge on any atom is 0.0858 e. The normalized spacial score (nSPS) is 10.6. The van der Waals surface area contributed by atoms with Gasteiger partial charge in [0.1, 0.15) is 0 Å². The fourth-order valence-electron chi connectivity index (χ4n) is 1.81. The number of anilines is 1. The minimum Gasteiger partial charge on any atom is -0.381 e. The summed E-state index contributed by atoms with van der Waals surface area (Å²) in [6.07, 6.45) is 5.16. The average Bonchev–Trinajstić information content (AvgIpc) is 3.09. The molecule has 0 aliphatic rings. The first-order valence-corrected chi connectivity index (χ1v) is 6.02.